The number of carbonyl (C=O) groups excluding carboxylic acids is 1. The van der Waals surface area contributed by atoms with E-state index in [1.807, 2.05) is 0 Å². The summed E-state index contributed by atoms with van der Waals surface area (Å²) in [5.74, 6) is 0.553. The molecular formula is C9H12N4O. The smallest absolute Gasteiger partial charge is 0.323 e. The SMILES string of the molecule is O=C(Nc1ccncn1)N1CCCC1. The fourth-order valence-corrected chi connectivity index (χ4v) is 1.47. The Bertz CT molecular complexity index is 308. The van der Waals surface area contributed by atoms with E-state index in [1.54, 1.807) is 17.2 Å². The molecule has 5 nitrogen and oxygen atoms in total. The average Bonchev–Trinajstić information content (AvgIpc) is 2.72. The molecule has 2 heterocycles. The molecular weight excluding hydrogens is 180 g/mol. The normalized spacial score (nSPS) is 15.6. The molecule has 14 heavy (non-hydrogen) atoms. The minimum Gasteiger partial charge on any atom is -0.324 e. The van der Waals surface area contributed by atoms with Gasteiger partial charge in [0.1, 0.15) is 12.1 Å². The zero-order valence-electron chi connectivity index (χ0n) is 7.81. The maximum absolute atomic E-state index is 11.6. The van der Waals surface area contributed by atoms with Crippen LogP contribution < -0.4 is 5.32 Å². The molecule has 1 aromatic heterocycles. The molecule has 1 saturated heterocycles. The van der Waals surface area contributed by atoms with Crippen LogP contribution in [0.2, 0.25) is 0 Å². The van der Waals surface area contributed by atoms with Gasteiger partial charge in [0.25, 0.3) is 0 Å². The van der Waals surface area contributed by atoms with Gasteiger partial charge in [-0.05, 0) is 18.9 Å². The number of urea groups is 1. The van der Waals surface area contributed by atoms with Crippen molar-refractivity contribution in [2.75, 3.05) is 18.4 Å². The third kappa shape index (κ3) is 1.99. The Labute approximate surface area is 82.2 Å². The molecule has 0 radical (unpaired) electrons. The standard InChI is InChI=1S/C9H12N4O/c14-9(13-5-1-2-6-13)12-8-3-4-10-7-11-8/h3-4,7H,1-2,5-6H2,(H,10,11,12,14). The first-order valence-corrected chi connectivity index (χ1v) is 4.68. The van der Waals surface area contributed by atoms with Crippen LogP contribution in [0, 0.1) is 0 Å². The van der Waals surface area contributed by atoms with Gasteiger partial charge >= 0.3 is 6.03 Å². The summed E-state index contributed by atoms with van der Waals surface area (Å²) < 4.78 is 0. The zero-order valence-corrected chi connectivity index (χ0v) is 7.81. The molecule has 0 aliphatic carbocycles. The van der Waals surface area contributed by atoms with Crippen LogP contribution >= 0.6 is 0 Å². The van der Waals surface area contributed by atoms with Gasteiger partial charge in [0, 0.05) is 19.3 Å². The number of anilines is 1. The van der Waals surface area contributed by atoms with Gasteiger partial charge in [0.05, 0.1) is 0 Å². The summed E-state index contributed by atoms with van der Waals surface area (Å²) >= 11 is 0. The van der Waals surface area contributed by atoms with Gasteiger partial charge in [-0.25, -0.2) is 14.8 Å². The van der Waals surface area contributed by atoms with Crippen molar-refractivity contribution >= 4 is 11.8 Å². The van der Waals surface area contributed by atoms with E-state index in [0.717, 1.165) is 25.9 Å². The second-order valence-corrected chi connectivity index (χ2v) is 3.22. The Morgan fingerprint density at radius 2 is 2.21 bits per heavy atom. The number of hydrogen-bond acceptors (Lipinski definition) is 3. The molecule has 0 spiro atoms. The first-order valence-electron chi connectivity index (χ1n) is 4.68. The van der Waals surface area contributed by atoms with Gasteiger partial charge in [-0.1, -0.05) is 0 Å². The minimum atomic E-state index is -0.0683. The summed E-state index contributed by atoms with van der Waals surface area (Å²) in [6.07, 6.45) is 5.21. The molecule has 2 rings (SSSR count). The van der Waals surface area contributed by atoms with E-state index in [1.165, 1.54) is 6.33 Å². The molecule has 5 heteroatoms. The molecule has 0 bridgehead atoms. The molecule has 1 aliphatic rings. The lowest BCUT2D eigenvalue weighted by atomic mass is 10.4. The van der Waals surface area contributed by atoms with E-state index >= 15 is 0 Å². The number of hydrogen-bond donors (Lipinski definition) is 1. The minimum absolute atomic E-state index is 0.0683. The Hall–Kier alpha value is -1.65. The molecule has 1 aromatic rings. The van der Waals surface area contributed by atoms with Crippen LogP contribution in [-0.4, -0.2) is 34.0 Å². The summed E-state index contributed by atoms with van der Waals surface area (Å²) in [4.78, 5) is 21.1. The lowest BCUT2D eigenvalue weighted by molar-refractivity contribution is 0.222. The third-order valence-electron chi connectivity index (χ3n) is 2.21. The molecule has 2 amide bonds. The van der Waals surface area contributed by atoms with E-state index in [-0.39, 0.29) is 6.03 Å². The highest BCUT2D eigenvalue weighted by Crippen LogP contribution is 2.09. The van der Waals surface area contributed by atoms with Crippen molar-refractivity contribution in [2.45, 2.75) is 12.8 Å². The van der Waals surface area contributed by atoms with Crippen LogP contribution in [0.1, 0.15) is 12.8 Å². The molecule has 0 unspecified atom stereocenters. The van der Waals surface area contributed by atoms with E-state index in [4.69, 9.17) is 0 Å². The van der Waals surface area contributed by atoms with Crippen LogP contribution in [0.5, 0.6) is 0 Å². The van der Waals surface area contributed by atoms with Gasteiger partial charge in [-0.3, -0.25) is 5.32 Å². The number of aromatic nitrogens is 2. The molecule has 0 aromatic carbocycles. The van der Waals surface area contributed by atoms with E-state index < -0.39 is 0 Å². The highest BCUT2D eigenvalue weighted by molar-refractivity contribution is 5.88. The van der Waals surface area contributed by atoms with Crippen LogP contribution in [0.3, 0.4) is 0 Å². The fraction of sp³-hybridized carbons (Fsp3) is 0.444. The Kier molecular flexibility index (Phi) is 2.58. The van der Waals surface area contributed by atoms with Crippen LogP contribution in [-0.2, 0) is 0 Å². The number of amides is 2. The van der Waals surface area contributed by atoms with Crippen molar-refractivity contribution < 1.29 is 4.79 Å². The lowest BCUT2D eigenvalue weighted by Crippen LogP contribution is -2.32. The largest absolute Gasteiger partial charge is 0.324 e. The van der Waals surface area contributed by atoms with Crippen molar-refractivity contribution in [3.63, 3.8) is 0 Å². The van der Waals surface area contributed by atoms with Crippen LogP contribution in [0.15, 0.2) is 18.6 Å². The quantitative estimate of drug-likeness (QED) is 0.725. The van der Waals surface area contributed by atoms with Crippen molar-refractivity contribution in [1.29, 1.82) is 0 Å². The molecule has 0 atom stereocenters. The van der Waals surface area contributed by atoms with Gasteiger partial charge in [-0.15, -0.1) is 0 Å². The van der Waals surface area contributed by atoms with Crippen molar-refractivity contribution in [2.24, 2.45) is 0 Å². The number of nitrogens with one attached hydrogen (secondary N) is 1. The average molecular weight is 192 g/mol. The van der Waals surface area contributed by atoms with Gasteiger partial charge in [0.2, 0.25) is 0 Å². The summed E-state index contributed by atoms with van der Waals surface area (Å²) in [5.41, 5.74) is 0. The summed E-state index contributed by atoms with van der Waals surface area (Å²) in [5, 5.41) is 2.72. The molecule has 0 saturated carbocycles. The third-order valence-corrected chi connectivity index (χ3v) is 2.21. The van der Waals surface area contributed by atoms with Gasteiger partial charge < -0.3 is 4.90 Å². The Morgan fingerprint density at radius 3 is 2.86 bits per heavy atom. The molecule has 1 fully saturated rings. The zero-order chi connectivity index (χ0) is 9.80. The Morgan fingerprint density at radius 1 is 1.43 bits per heavy atom. The number of nitrogens with zero attached hydrogens (tertiary/aromatic N) is 3. The number of likely N-dealkylation sites (tertiary alicyclic amines) is 1. The van der Waals surface area contributed by atoms with E-state index in [0.29, 0.717) is 5.82 Å². The predicted octanol–water partition coefficient (Wildman–Crippen LogP) is 1.10. The Balaban J connectivity index is 1.94. The van der Waals surface area contributed by atoms with Crippen molar-refractivity contribution in [3.8, 4) is 0 Å². The monoisotopic (exact) mass is 192 g/mol. The molecule has 1 N–H and O–H groups in total. The summed E-state index contributed by atoms with van der Waals surface area (Å²) in [7, 11) is 0. The van der Waals surface area contributed by atoms with Gasteiger partial charge in [0.15, 0.2) is 0 Å². The topological polar surface area (TPSA) is 58.1 Å². The van der Waals surface area contributed by atoms with Crippen molar-refractivity contribution in [1.82, 2.24) is 14.9 Å². The summed E-state index contributed by atoms with van der Waals surface area (Å²) in [6, 6.07) is 1.61. The summed E-state index contributed by atoms with van der Waals surface area (Å²) in [6.45, 7) is 1.69. The van der Waals surface area contributed by atoms with Crippen LogP contribution in [0.4, 0.5) is 10.6 Å². The highest BCUT2D eigenvalue weighted by Gasteiger charge is 2.17. The maximum Gasteiger partial charge on any atom is 0.323 e. The van der Waals surface area contributed by atoms with E-state index in [2.05, 4.69) is 15.3 Å². The second kappa shape index (κ2) is 4.04. The first-order chi connectivity index (χ1) is 6.86. The fourth-order valence-electron chi connectivity index (χ4n) is 1.47. The maximum atomic E-state index is 11.6. The highest BCUT2D eigenvalue weighted by atomic mass is 16.2. The first kappa shape index (κ1) is 8.93. The molecule has 74 valence electrons. The molecule has 1 aliphatic heterocycles. The lowest BCUT2D eigenvalue weighted by Gasteiger charge is -2.15. The van der Waals surface area contributed by atoms with Gasteiger partial charge in [-0.2, -0.15) is 0 Å². The number of rotatable bonds is 1. The van der Waals surface area contributed by atoms with Crippen LogP contribution in [0.25, 0.3) is 0 Å². The number of carbonyl (C=O) groups is 1. The second-order valence-electron chi connectivity index (χ2n) is 3.22. The predicted molar refractivity (Wildman–Crippen MR) is 51.9 cm³/mol. The van der Waals surface area contributed by atoms with Crippen molar-refractivity contribution in [3.05, 3.63) is 18.6 Å². The van der Waals surface area contributed by atoms with E-state index in [9.17, 15) is 4.79 Å².